The zero-order chi connectivity index (χ0) is 23.4. The average Bonchev–Trinajstić information content (AvgIpc) is 3.24. The van der Waals surface area contributed by atoms with E-state index in [0.717, 1.165) is 28.3 Å². The SMILES string of the molecule is COc1ccc(COCc2cn(-c3ccc(Cl)cc3)c(-c3ccc(S(N)(=O)=O)cc3)n2)cc1. The van der Waals surface area contributed by atoms with E-state index in [1.807, 2.05) is 47.2 Å². The van der Waals surface area contributed by atoms with Crippen molar-refractivity contribution < 1.29 is 17.9 Å². The molecule has 33 heavy (non-hydrogen) atoms. The van der Waals surface area contributed by atoms with Crippen molar-refractivity contribution in [3.05, 3.63) is 95.3 Å². The van der Waals surface area contributed by atoms with Gasteiger partial charge in [0, 0.05) is 22.5 Å². The Kier molecular flexibility index (Phi) is 6.80. The van der Waals surface area contributed by atoms with E-state index >= 15 is 0 Å². The number of imidazole rings is 1. The van der Waals surface area contributed by atoms with E-state index in [1.165, 1.54) is 12.1 Å². The lowest BCUT2D eigenvalue weighted by Crippen LogP contribution is -2.11. The largest absolute Gasteiger partial charge is 0.497 e. The minimum atomic E-state index is -3.78. The zero-order valence-corrected chi connectivity index (χ0v) is 19.4. The predicted octanol–water partition coefficient (Wildman–Crippen LogP) is 4.57. The summed E-state index contributed by atoms with van der Waals surface area (Å²) in [6.45, 7) is 0.727. The molecule has 0 bridgehead atoms. The Morgan fingerprint density at radius 2 is 1.61 bits per heavy atom. The lowest BCUT2D eigenvalue weighted by atomic mass is 10.2. The first kappa shape index (κ1) is 23.0. The highest BCUT2D eigenvalue weighted by molar-refractivity contribution is 7.89. The van der Waals surface area contributed by atoms with Crippen LogP contribution in [0.5, 0.6) is 5.75 Å². The third-order valence-electron chi connectivity index (χ3n) is 4.98. The maximum Gasteiger partial charge on any atom is 0.238 e. The first-order valence-electron chi connectivity index (χ1n) is 10.0. The summed E-state index contributed by atoms with van der Waals surface area (Å²) in [6, 6.07) is 21.3. The Bertz CT molecular complexity index is 1330. The van der Waals surface area contributed by atoms with Crippen molar-refractivity contribution in [3.8, 4) is 22.8 Å². The van der Waals surface area contributed by atoms with Crippen LogP contribution in [0.4, 0.5) is 0 Å². The molecule has 7 nitrogen and oxygen atoms in total. The fraction of sp³-hybridized carbons (Fsp3) is 0.125. The summed E-state index contributed by atoms with van der Waals surface area (Å²) < 4.78 is 36.1. The molecule has 0 atom stereocenters. The van der Waals surface area contributed by atoms with E-state index in [1.54, 1.807) is 31.4 Å². The van der Waals surface area contributed by atoms with Gasteiger partial charge in [0.05, 0.1) is 30.9 Å². The van der Waals surface area contributed by atoms with Crippen LogP contribution in [0.2, 0.25) is 5.02 Å². The number of rotatable bonds is 8. The number of primary sulfonamides is 1. The molecule has 1 aromatic heterocycles. The molecule has 0 radical (unpaired) electrons. The maximum absolute atomic E-state index is 11.6. The van der Waals surface area contributed by atoms with Gasteiger partial charge < -0.3 is 9.47 Å². The Labute approximate surface area is 197 Å². The lowest BCUT2D eigenvalue weighted by molar-refractivity contribution is 0.105. The number of hydrogen-bond donors (Lipinski definition) is 1. The van der Waals surface area contributed by atoms with Crippen LogP contribution in [0.1, 0.15) is 11.3 Å². The third kappa shape index (κ3) is 5.61. The van der Waals surface area contributed by atoms with Crippen molar-refractivity contribution in [3.63, 3.8) is 0 Å². The first-order chi connectivity index (χ1) is 15.8. The highest BCUT2D eigenvalue weighted by Crippen LogP contribution is 2.26. The fourth-order valence-electron chi connectivity index (χ4n) is 3.29. The summed E-state index contributed by atoms with van der Waals surface area (Å²) in [5.41, 5.74) is 3.34. The molecule has 0 spiro atoms. The number of halogens is 1. The van der Waals surface area contributed by atoms with Crippen molar-refractivity contribution in [2.75, 3.05) is 7.11 Å². The number of nitrogens with two attached hydrogens (primary N) is 1. The van der Waals surface area contributed by atoms with Crippen molar-refractivity contribution in [1.82, 2.24) is 9.55 Å². The van der Waals surface area contributed by atoms with E-state index < -0.39 is 10.0 Å². The molecule has 9 heteroatoms. The first-order valence-corrected chi connectivity index (χ1v) is 11.9. The third-order valence-corrected chi connectivity index (χ3v) is 6.16. The van der Waals surface area contributed by atoms with E-state index in [2.05, 4.69) is 0 Å². The van der Waals surface area contributed by atoms with Gasteiger partial charge in [0.15, 0.2) is 0 Å². The van der Waals surface area contributed by atoms with Gasteiger partial charge in [-0.3, -0.25) is 4.57 Å². The lowest BCUT2D eigenvalue weighted by Gasteiger charge is -2.08. The number of sulfonamides is 1. The minimum Gasteiger partial charge on any atom is -0.497 e. The number of ether oxygens (including phenoxy) is 2. The summed E-state index contributed by atoms with van der Waals surface area (Å²) in [5.74, 6) is 1.43. The quantitative estimate of drug-likeness (QED) is 0.396. The van der Waals surface area contributed by atoms with Crippen LogP contribution < -0.4 is 9.88 Å². The summed E-state index contributed by atoms with van der Waals surface area (Å²) in [5, 5.41) is 5.85. The van der Waals surface area contributed by atoms with Gasteiger partial charge in [-0.15, -0.1) is 0 Å². The molecule has 1 heterocycles. The molecule has 2 N–H and O–H groups in total. The van der Waals surface area contributed by atoms with E-state index in [9.17, 15) is 8.42 Å². The van der Waals surface area contributed by atoms with Gasteiger partial charge in [-0.1, -0.05) is 23.7 Å². The van der Waals surface area contributed by atoms with Gasteiger partial charge in [-0.2, -0.15) is 0 Å². The summed E-state index contributed by atoms with van der Waals surface area (Å²) in [6.07, 6.45) is 1.89. The molecule has 0 unspecified atom stereocenters. The molecule has 0 aliphatic carbocycles. The highest BCUT2D eigenvalue weighted by Gasteiger charge is 2.14. The molecule has 3 aromatic carbocycles. The smallest absolute Gasteiger partial charge is 0.238 e. The summed E-state index contributed by atoms with van der Waals surface area (Å²) in [4.78, 5) is 4.77. The topological polar surface area (TPSA) is 96.4 Å². The van der Waals surface area contributed by atoms with E-state index in [-0.39, 0.29) is 4.90 Å². The number of hydrogen-bond acceptors (Lipinski definition) is 5. The van der Waals surface area contributed by atoms with Gasteiger partial charge in [0.2, 0.25) is 10.0 Å². The van der Waals surface area contributed by atoms with Crippen LogP contribution in [0, 0.1) is 0 Å². The fourth-order valence-corrected chi connectivity index (χ4v) is 3.93. The maximum atomic E-state index is 11.6. The van der Waals surface area contributed by atoms with Crippen LogP contribution in [0.15, 0.2) is 83.9 Å². The molecular formula is C24H22ClN3O4S. The van der Waals surface area contributed by atoms with Crippen molar-refractivity contribution in [2.45, 2.75) is 18.1 Å². The number of nitrogens with zero attached hydrogens (tertiary/aromatic N) is 2. The standard InChI is InChI=1S/C24H22ClN3O4S/c1-31-22-10-2-17(3-11-22)15-32-16-20-14-28(21-8-6-19(25)7-9-21)24(27-20)18-4-12-23(13-5-18)33(26,29)30/h2-14H,15-16H2,1H3,(H2,26,29,30). The average molecular weight is 484 g/mol. The van der Waals surface area contributed by atoms with Gasteiger partial charge in [-0.25, -0.2) is 18.5 Å². The van der Waals surface area contributed by atoms with Crippen LogP contribution in [0.25, 0.3) is 17.1 Å². The predicted molar refractivity (Wildman–Crippen MR) is 127 cm³/mol. The molecular weight excluding hydrogens is 462 g/mol. The minimum absolute atomic E-state index is 0.0406. The van der Waals surface area contributed by atoms with Gasteiger partial charge in [0.1, 0.15) is 11.6 Å². The van der Waals surface area contributed by atoms with Crippen LogP contribution in [-0.2, 0) is 28.0 Å². The number of methoxy groups -OCH3 is 1. The van der Waals surface area contributed by atoms with Gasteiger partial charge >= 0.3 is 0 Å². The van der Waals surface area contributed by atoms with Crippen LogP contribution in [0.3, 0.4) is 0 Å². The normalized spacial score (nSPS) is 11.5. The van der Waals surface area contributed by atoms with Gasteiger partial charge in [-0.05, 0) is 66.2 Å². The highest BCUT2D eigenvalue weighted by atomic mass is 35.5. The number of benzene rings is 3. The van der Waals surface area contributed by atoms with E-state index in [4.69, 9.17) is 31.2 Å². The second-order valence-corrected chi connectivity index (χ2v) is 9.31. The Hall–Kier alpha value is -3.17. The monoisotopic (exact) mass is 483 g/mol. The Morgan fingerprint density at radius 3 is 2.21 bits per heavy atom. The van der Waals surface area contributed by atoms with Crippen molar-refractivity contribution in [1.29, 1.82) is 0 Å². The molecule has 0 saturated heterocycles. The molecule has 170 valence electrons. The van der Waals surface area contributed by atoms with Crippen LogP contribution >= 0.6 is 11.6 Å². The Balaban J connectivity index is 1.60. The zero-order valence-electron chi connectivity index (χ0n) is 17.8. The molecule has 4 rings (SSSR count). The second kappa shape index (κ2) is 9.76. The Morgan fingerprint density at radius 1 is 0.939 bits per heavy atom. The van der Waals surface area contributed by atoms with E-state index in [0.29, 0.717) is 24.1 Å². The molecule has 0 fully saturated rings. The molecule has 0 aliphatic rings. The molecule has 4 aromatic rings. The van der Waals surface area contributed by atoms with Gasteiger partial charge in [0.25, 0.3) is 0 Å². The van der Waals surface area contributed by atoms with Crippen molar-refractivity contribution >= 4 is 21.6 Å². The molecule has 0 aliphatic heterocycles. The van der Waals surface area contributed by atoms with Crippen molar-refractivity contribution in [2.24, 2.45) is 5.14 Å². The summed E-state index contributed by atoms with van der Waals surface area (Å²) >= 11 is 6.05. The summed E-state index contributed by atoms with van der Waals surface area (Å²) in [7, 11) is -2.15. The molecule has 0 amide bonds. The number of aromatic nitrogens is 2. The van der Waals surface area contributed by atoms with Crippen LogP contribution in [-0.4, -0.2) is 25.1 Å². The molecule has 0 saturated carbocycles. The second-order valence-electron chi connectivity index (χ2n) is 7.31.